The fourth-order valence-corrected chi connectivity index (χ4v) is 1.34. The van der Waals surface area contributed by atoms with Crippen molar-refractivity contribution >= 4 is 0 Å². The third kappa shape index (κ3) is 2.86. The van der Waals surface area contributed by atoms with Gasteiger partial charge in [-0.05, 0) is 32.4 Å². The summed E-state index contributed by atoms with van der Waals surface area (Å²) in [6.07, 6.45) is 0.867. The molecule has 0 aromatic carbocycles. The summed E-state index contributed by atoms with van der Waals surface area (Å²) in [6.45, 7) is 6.64. The molecule has 0 fully saturated rings. The lowest BCUT2D eigenvalue weighted by molar-refractivity contribution is 0.0237. The topological polar surface area (TPSA) is 48.4 Å². The van der Waals surface area contributed by atoms with Gasteiger partial charge in [0.2, 0.25) is 0 Å². The number of rotatable bonds is 5. The first-order valence-electron chi connectivity index (χ1n) is 5.08. The van der Waals surface area contributed by atoms with E-state index in [4.69, 9.17) is 14.9 Å². The SMILES string of the molecule is CCCOC(c1ccc(C)o1)C(C)N. The van der Waals surface area contributed by atoms with Crippen LogP contribution < -0.4 is 5.73 Å². The molecule has 0 radical (unpaired) electrons. The molecule has 0 aliphatic rings. The van der Waals surface area contributed by atoms with Gasteiger partial charge in [0, 0.05) is 12.6 Å². The van der Waals surface area contributed by atoms with Crippen LogP contribution in [-0.2, 0) is 4.74 Å². The summed E-state index contributed by atoms with van der Waals surface area (Å²) in [5, 5.41) is 0. The minimum atomic E-state index is -0.122. The fraction of sp³-hybridized carbons (Fsp3) is 0.636. The van der Waals surface area contributed by atoms with E-state index in [-0.39, 0.29) is 12.1 Å². The second-order valence-electron chi connectivity index (χ2n) is 3.60. The molecule has 3 nitrogen and oxygen atoms in total. The van der Waals surface area contributed by atoms with Crippen molar-refractivity contribution < 1.29 is 9.15 Å². The number of furan rings is 1. The second-order valence-corrected chi connectivity index (χ2v) is 3.60. The summed E-state index contributed by atoms with van der Waals surface area (Å²) >= 11 is 0. The molecular weight excluding hydrogens is 178 g/mol. The average molecular weight is 197 g/mol. The largest absolute Gasteiger partial charge is 0.464 e. The maximum Gasteiger partial charge on any atom is 0.134 e. The monoisotopic (exact) mass is 197 g/mol. The average Bonchev–Trinajstić information content (AvgIpc) is 2.52. The van der Waals surface area contributed by atoms with E-state index >= 15 is 0 Å². The number of nitrogens with two attached hydrogens (primary N) is 1. The van der Waals surface area contributed by atoms with E-state index < -0.39 is 0 Å². The van der Waals surface area contributed by atoms with Gasteiger partial charge < -0.3 is 14.9 Å². The van der Waals surface area contributed by atoms with Gasteiger partial charge in [-0.15, -0.1) is 0 Å². The minimum Gasteiger partial charge on any atom is -0.464 e. The van der Waals surface area contributed by atoms with E-state index in [1.54, 1.807) is 0 Å². The standard InChI is InChI=1S/C11H19NO2/c1-4-7-13-11(9(3)12)10-6-5-8(2)14-10/h5-6,9,11H,4,7,12H2,1-3H3. The van der Waals surface area contributed by atoms with Gasteiger partial charge >= 0.3 is 0 Å². The van der Waals surface area contributed by atoms with Crippen molar-refractivity contribution in [2.75, 3.05) is 6.61 Å². The van der Waals surface area contributed by atoms with E-state index in [9.17, 15) is 0 Å². The Morgan fingerprint density at radius 3 is 2.64 bits per heavy atom. The van der Waals surface area contributed by atoms with Crippen molar-refractivity contribution in [2.45, 2.75) is 39.3 Å². The van der Waals surface area contributed by atoms with Crippen LogP contribution in [-0.4, -0.2) is 12.6 Å². The molecule has 2 N–H and O–H groups in total. The Balaban J connectivity index is 2.67. The Morgan fingerprint density at radius 2 is 2.21 bits per heavy atom. The van der Waals surface area contributed by atoms with E-state index in [1.807, 2.05) is 26.0 Å². The highest BCUT2D eigenvalue weighted by Crippen LogP contribution is 2.22. The summed E-state index contributed by atoms with van der Waals surface area (Å²) in [7, 11) is 0. The predicted molar refractivity (Wildman–Crippen MR) is 56.1 cm³/mol. The van der Waals surface area contributed by atoms with Crippen LogP contribution in [0, 0.1) is 6.92 Å². The maximum absolute atomic E-state index is 5.83. The normalized spacial score (nSPS) is 15.4. The van der Waals surface area contributed by atoms with Gasteiger partial charge in [0.05, 0.1) is 0 Å². The van der Waals surface area contributed by atoms with Crippen molar-refractivity contribution in [3.05, 3.63) is 23.7 Å². The molecule has 80 valence electrons. The van der Waals surface area contributed by atoms with Gasteiger partial charge in [-0.25, -0.2) is 0 Å². The van der Waals surface area contributed by atoms with Crippen molar-refractivity contribution in [3.63, 3.8) is 0 Å². The third-order valence-electron chi connectivity index (χ3n) is 2.02. The van der Waals surface area contributed by atoms with Crippen molar-refractivity contribution in [1.82, 2.24) is 0 Å². The Labute approximate surface area is 85.2 Å². The molecule has 0 saturated carbocycles. The molecule has 1 rings (SSSR count). The van der Waals surface area contributed by atoms with Crippen LogP contribution in [0.2, 0.25) is 0 Å². The molecule has 1 aromatic rings. The van der Waals surface area contributed by atoms with Crippen LogP contribution in [0.3, 0.4) is 0 Å². The smallest absolute Gasteiger partial charge is 0.134 e. The molecular formula is C11H19NO2. The number of hydrogen-bond acceptors (Lipinski definition) is 3. The van der Waals surface area contributed by atoms with Crippen molar-refractivity contribution in [2.24, 2.45) is 5.73 Å². The number of ether oxygens (including phenoxy) is 1. The first-order valence-corrected chi connectivity index (χ1v) is 5.08. The molecule has 2 atom stereocenters. The van der Waals surface area contributed by atoms with E-state index in [2.05, 4.69) is 6.92 Å². The van der Waals surface area contributed by atoms with E-state index in [0.29, 0.717) is 6.61 Å². The zero-order valence-corrected chi connectivity index (χ0v) is 9.12. The van der Waals surface area contributed by atoms with Crippen LogP contribution in [0.15, 0.2) is 16.5 Å². The van der Waals surface area contributed by atoms with Crippen LogP contribution in [0.25, 0.3) is 0 Å². The first-order chi connectivity index (χ1) is 6.65. The molecule has 1 heterocycles. The van der Waals surface area contributed by atoms with Crippen molar-refractivity contribution in [1.29, 1.82) is 0 Å². The van der Waals surface area contributed by atoms with Gasteiger partial charge in [-0.2, -0.15) is 0 Å². The number of aryl methyl sites for hydroxylation is 1. The van der Waals surface area contributed by atoms with Crippen LogP contribution in [0.1, 0.15) is 37.9 Å². The zero-order valence-electron chi connectivity index (χ0n) is 9.12. The van der Waals surface area contributed by atoms with Gasteiger partial charge in [0.1, 0.15) is 17.6 Å². The van der Waals surface area contributed by atoms with Crippen molar-refractivity contribution in [3.8, 4) is 0 Å². The highest BCUT2D eigenvalue weighted by Gasteiger charge is 2.19. The van der Waals surface area contributed by atoms with Crippen LogP contribution in [0.4, 0.5) is 0 Å². The van der Waals surface area contributed by atoms with Gasteiger partial charge in [-0.1, -0.05) is 6.92 Å². The van der Waals surface area contributed by atoms with Gasteiger partial charge in [-0.3, -0.25) is 0 Å². The Kier molecular flexibility index (Phi) is 4.17. The Bertz CT molecular complexity index is 268. The zero-order chi connectivity index (χ0) is 10.6. The summed E-state index contributed by atoms with van der Waals surface area (Å²) in [5.41, 5.74) is 5.83. The minimum absolute atomic E-state index is 0.0490. The molecule has 0 aliphatic heterocycles. The molecule has 0 amide bonds. The number of hydrogen-bond donors (Lipinski definition) is 1. The predicted octanol–water partition coefficient (Wildman–Crippen LogP) is 2.40. The fourth-order valence-electron chi connectivity index (χ4n) is 1.34. The molecule has 3 heteroatoms. The maximum atomic E-state index is 5.83. The molecule has 0 saturated heterocycles. The molecule has 14 heavy (non-hydrogen) atoms. The first kappa shape index (κ1) is 11.3. The lowest BCUT2D eigenvalue weighted by Gasteiger charge is -2.18. The lowest BCUT2D eigenvalue weighted by atomic mass is 10.1. The van der Waals surface area contributed by atoms with E-state index in [0.717, 1.165) is 17.9 Å². The summed E-state index contributed by atoms with van der Waals surface area (Å²) in [4.78, 5) is 0. The summed E-state index contributed by atoms with van der Waals surface area (Å²) < 4.78 is 11.1. The highest BCUT2D eigenvalue weighted by molar-refractivity contribution is 5.09. The molecule has 2 unspecified atom stereocenters. The molecule has 1 aromatic heterocycles. The van der Waals surface area contributed by atoms with Gasteiger partial charge in [0.25, 0.3) is 0 Å². The summed E-state index contributed by atoms with van der Waals surface area (Å²) in [6, 6.07) is 3.81. The molecule has 0 aliphatic carbocycles. The van der Waals surface area contributed by atoms with Gasteiger partial charge in [0.15, 0.2) is 0 Å². The Morgan fingerprint density at radius 1 is 1.50 bits per heavy atom. The van der Waals surface area contributed by atoms with Crippen LogP contribution >= 0.6 is 0 Å². The second kappa shape index (κ2) is 5.17. The third-order valence-corrected chi connectivity index (χ3v) is 2.02. The van der Waals surface area contributed by atoms with Crippen LogP contribution in [0.5, 0.6) is 0 Å². The Hall–Kier alpha value is -0.800. The lowest BCUT2D eigenvalue weighted by Crippen LogP contribution is -2.26. The molecule has 0 bridgehead atoms. The van der Waals surface area contributed by atoms with E-state index in [1.165, 1.54) is 0 Å². The molecule has 0 spiro atoms. The summed E-state index contributed by atoms with van der Waals surface area (Å²) in [5.74, 6) is 1.72. The highest BCUT2D eigenvalue weighted by atomic mass is 16.5. The quantitative estimate of drug-likeness (QED) is 0.788.